The molecule has 0 heterocycles. The van der Waals surface area contributed by atoms with E-state index in [4.69, 9.17) is 4.74 Å². The summed E-state index contributed by atoms with van der Waals surface area (Å²) in [5.74, 6) is -0.0235. The maximum Gasteiger partial charge on any atom is 0.200 e. The van der Waals surface area contributed by atoms with Crippen LogP contribution in [-0.4, -0.2) is 23.8 Å². The van der Waals surface area contributed by atoms with Crippen molar-refractivity contribution in [3.63, 3.8) is 0 Å². The van der Waals surface area contributed by atoms with Gasteiger partial charge in [-0.15, -0.1) is 0 Å². The van der Waals surface area contributed by atoms with E-state index in [0.29, 0.717) is 17.1 Å². The summed E-state index contributed by atoms with van der Waals surface area (Å²) in [6.07, 6.45) is 0. The van der Waals surface area contributed by atoms with Crippen molar-refractivity contribution in [3.8, 4) is 5.75 Å². The van der Waals surface area contributed by atoms with Crippen LogP contribution in [0.2, 0.25) is 0 Å². The van der Waals surface area contributed by atoms with Gasteiger partial charge in [-0.1, -0.05) is 79.3 Å². The highest BCUT2D eigenvalue weighted by Crippen LogP contribution is 2.37. The fourth-order valence-electron chi connectivity index (χ4n) is 3.46. The lowest BCUT2D eigenvalue weighted by Gasteiger charge is -2.26. The van der Waals surface area contributed by atoms with Gasteiger partial charge in [-0.3, -0.25) is 9.59 Å². The average Bonchev–Trinajstić information content (AvgIpc) is 2.78. The molecule has 0 spiro atoms. The molecule has 4 heteroatoms. The SMILES string of the molecule is CCSC(=O)C(C(=O)c1ccc(OC)cc1)C(c1ccccc1)c1ccccc1. The lowest BCUT2D eigenvalue weighted by atomic mass is 9.77. The number of carbonyl (C=O) groups is 2. The summed E-state index contributed by atoms with van der Waals surface area (Å²) in [4.78, 5) is 26.8. The zero-order valence-corrected chi connectivity index (χ0v) is 17.4. The molecule has 148 valence electrons. The first-order valence-electron chi connectivity index (χ1n) is 9.60. The molecule has 3 rings (SSSR count). The van der Waals surface area contributed by atoms with Gasteiger partial charge in [-0.05, 0) is 41.1 Å². The van der Waals surface area contributed by atoms with Crippen LogP contribution < -0.4 is 4.74 Å². The molecule has 0 bridgehead atoms. The van der Waals surface area contributed by atoms with Crippen LogP contribution in [0.3, 0.4) is 0 Å². The topological polar surface area (TPSA) is 43.4 Å². The number of ketones is 1. The van der Waals surface area contributed by atoms with Crippen molar-refractivity contribution >= 4 is 22.7 Å². The predicted molar refractivity (Wildman–Crippen MR) is 119 cm³/mol. The van der Waals surface area contributed by atoms with Crippen LogP contribution in [-0.2, 0) is 4.79 Å². The summed E-state index contributed by atoms with van der Waals surface area (Å²) in [5.41, 5.74) is 2.42. The third-order valence-electron chi connectivity index (χ3n) is 4.85. The molecule has 0 aliphatic rings. The Kier molecular flexibility index (Phi) is 7.25. The van der Waals surface area contributed by atoms with Gasteiger partial charge in [0.2, 0.25) is 5.12 Å². The van der Waals surface area contributed by atoms with Gasteiger partial charge >= 0.3 is 0 Å². The molecule has 0 aromatic heterocycles. The zero-order valence-electron chi connectivity index (χ0n) is 16.6. The second-order valence-corrected chi connectivity index (χ2v) is 7.89. The Hall–Kier alpha value is -2.85. The Morgan fingerprint density at radius 3 is 1.79 bits per heavy atom. The maximum atomic E-state index is 13.6. The first-order chi connectivity index (χ1) is 14.2. The fraction of sp³-hybridized carbons (Fsp3) is 0.200. The van der Waals surface area contributed by atoms with Crippen molar-refractivity contribution in [2.75, 3.05) is 12.9 Å². The van der Waals surface area contributed by atoms with Gasteiger partial charge in [0.25, 0.3) is 0 Å². The number of hydrogen-bond acceptors (Lipinski definition) is 4. The van der Waals surface area contributed by atoms with Gasteiger partial charge in [0.05, 0.1) is 7.11 Å². The summed E-state index contributed by atoms with van der Waals surface area (Å²) in [5, 5.41) is -0.106. The molecule has 0 fully saturated rings. The van der Waals surface area contributed by atoms with Crippen molar-refractivity contribution in [2.24, 2.45) is 5.92 Å². The lowest BCUT2D eigenvalue weighted by molar-refractivity contribution is -0.113. The summed E-state index contributed by atoms with van der Waals surface area (Å²) < 4.78 is 5.20. The van der Waals surface area contributed by atoms with Crippen LogP contribution in [0, 0.1) is 5.92 Å². The molecule has 0 radical (unpaired) electrons. The zero-order chi connectivity index (χ0) is 20.6. The van der Waals surface area contributed by atoms with E-state index in [-0.39, 0.29) is 16.8 Å². The molecular formula is C25H24O3S. The molecule has 29 heavy (non-hydrogen) atoms. The molecule has 3 aromatic rings. The van der Waals surface area contributed by atoms with Gasteiger partial charge in [0.15, 0.2) is 5.78 Å². The van der Waals surface area contributed by atoms with E-state index in [1.54, 1.807) is 31.4 Å². The Morgan fingerprint density at radius 1 is 0.828 bits per heavy atom. The maximum absolute atomic E-state index is 13.6. The highest BCUT2D eigenvalue weighted by atomic mass is 32.2. The molecule has 0 amide bonds. The van der Waals surface area contributed by atoms with Crippen LogP contribution in [0.1, 0.15) is 34.3 Å². The molecule has 3 aromatic carbocycles. The highest BCUT2D eigenvalue weighted by Gasteiger charge is 2.37. The van der Waals surface area contributed by atoms with Crippen molar-refractivity contribution in [2.45, 2.75) is 12.8 Å². The largest absolute Gasteiger partial charge is 0.497 e. The second kappa shape index (κ2) is 10.1. The van der Waals surface area contributed by atoms with E-state index in [1.807, 2.05) is 67.6 Å². The summed E-state index contributed by atoms with van der Waals surface area (Å²) >= 11 is 1.20. The van der Waals surface area contributed by atoms with E-state index in [0.717, 1.165) is 11.1 Å². The number of ether oxygens (including phenoxy) is 1. The van der Waals surface area contributed by atoms with E-state index in [1.165, 1.54) is 11.8 Å². The minimum Gasteiger partial charge on any atom is -0.497 e. The number of rotatable bonds is 8. The standard InChI is InChI=1S/C25H24O3S/c1-3-29-25(27)23(24(26)20-14-16-21(28-2)17-15-20)22(18-10-6-4-7-11-18)19-12-8-5-9-13-19/h4-17,22-23H,3H2,1-2H3. The minimum absolute atomic E-state index is 0.106. The smallest absolute Gasteiger partial charge is 0.200 e. The first-order valence-corrected chi connectivity index (χ1v) is 10.6. The van der Waals surface area contributed by atoms with Crippen LogP contribution >= 0.6 is 11.8 Å². The lowest BCUT2D eigenvalue weighted by Crippen LogP contribution is -2.30. The third-order valence-corrected chi connectivity index (χ3v) is 5.68. The average molecular weight is 405 g/mol. The number of benzene rings is 3. The number of Topliss-reactive ketones (excluding diaryl/α,β-unsaturated/α-hetero) is 1. The van der Waals surface area contributed by atoms with Gasteiger partial charge in [-0.2, -0.15) is 0 Å². The number of thioether (sulfide) groups is 1. The Morgan fingerprint density at radius 2 is 1.34 bits per heavy atom. The Balaban J connectivity index is 2.10. The van der Waals surface area contributed by atoms with Crippen molar-refractivity contribution < 1.29 is 14.3 Å². The second-order valence-electron chi connectivity index (χ2n) is 6.62. The number of hydrogen-bond donors (Lipinski definition) is 0. The van der Waals surface area contributed by atoms with Gasteiger partial charge in [0.1, 0.15) is 11.7 Å². The molecule has 0 N–H and O–H groups in total. The van der Waals surface area contributed by atoms with Gasteiger partial charge < -0.3 is 4.74 Å². The van der Waals surface area contributed by atoms with Crippen LogP contribution in [0.5, 0.6) is 5.75 Å². The highest BCUT2D eigenvalue weighted by molar-refractivity contribution is 8.13. The summed E-state index contributed by atoms with van der Waals surface area (Å²) in [6, 6.07) is 26.5. The molecule has 1 atom stereocenters. The molecule has 0 saturated heterocycles. The number of carbonyl (C=O) groups excluding carboxylic acids is 2. The molecule has 0 saturated carbocycles. The third kappa shape index (κ3) is 4.96. The van der Waals surface area contributed by atoms with E-state index >= 15 is 0 Å². The molecule has 1 unspecified atom stereocenters. The molecule has 0 aliphatic heterocycles. The van der Waals surface area contributed by atoms with Crippen LogP contribution in [0.15, 0.2) is 84.9 Å². The summed E-state index contributed by atoms with van der Waals surface area (Å²) in [7, 11) is 1.59. The monoisotopic (exact) mass is 404 g/mol. The van der Waals surface area contributed by atoms with Gasteiger partial charge in [-0.25, -0.2) is 0 Å². The van der Waals surface area contributed by atoms with Crippen LogP contribution in [0.4, 0.5) is 0 Å². The Labute approximate surface area is 176 Å². The predicted octanol–water partition coefficient (Wildman–Crippen LogP) is 5.61. The summed E-state index contributed by atoms with van der Waals surface area (Å²) in [6.45, 7) is 1.93. The van der Waals surface area contributed by atoms with E-state index in [9.17, 15) is 9.59 Å². The fourth-order valence-corrected chi connectivity index (χ4v) is 4.17. The number of methoxy groups -OCH3 is 1. The molecular weight excluding hydrogens is 380 g/mol. The normalized spacial score (nSPS) is 11.8. The van der Waals surface area contributed by atoms with E-state index < -0.39 is 5.92 Å². The van der Waals surface area contributed by atoms with Crippen molar-refractivity contribution in [1.29, 1.82) is 0 Å². The van der Waals surface area contributed by atoms with E-state index in [2.05, 4.69) is 0 Å². The first kappa shape index (κ1) is 20.9. The minimum atomic E-state index is -0.807. The van der Waals surface area contributed by atoms with Crippen LogP contribution in [0.25, 0.3) is 0 Å². The van der Waals surface area contributed by atoms with Crippen molar-refractivity contribution in [1.82, 2.24) is 0 Å². The molecule has 3 nitrogen and oxygen atoms in total. The Bertz CT molecular complexity index is 897. The van der Waals surface area contributed by atoms with Gasteiger partial charge in [0, 0.05) is 11.5 Å². The molecule has 0 aliphatic carbocycles. The van der Waals surface area contributed by atoms with Crippen molar-refractivity contribution in [3.05, 3.63) is 102 Å². The quantitative estimate of drug-likeness (QED) is 0.362.